The van der Waals surface area contributed by atoms with Gasteiger partial charge in [0.05, 0.1) is 6.04 Å². The molecule has 0 fully saturated rings. The molecule has 0 heterocycles. The summed E-state index contributed by atoms with van der Waals surface area (Å²) in [6.07, 6.45) is 0. The molecule has 1 atom stereocenters. The molecule has 21 heavy (non-hydrogen) atoms. The van der Waals surface area contributed by atoms with Gasteiger partial charge in [-0.1, -0.05) is 29.8 Å². The van der Waals surface area contributed by atoms with E-state index in [0.29, 0.717) is 0 Å². The van der Waals surface area contributed by atoms with Gasteiger partial charge in [0.2, 0.25) is 0 Å². The average molecular weight is 282 g/mol. The van der Waals surface area contributed by atoms with E-state index in [1.807, 2.05) is 0 Å². The van der Waals surface area contributed by atoms with E-state index in [4.69, 9.17) is 5.84 Å². The van der Waals surface area contributed by atoms with E-state index < -0.39 is 0 Å². The molecule has 0 radical (unpaired) electrons. The Morgan fingerprint density at radius 2 is 1.24 bits per heavy atom. The van der Waals surface area contributed by atoms with Crippen LogP contribution in [0.15, 0.2) is 24.3 Å². The highest BCUT2D eigenvalue weighted by molar-refractivity contribution is 5.48. The fourth-order valence-electron chi connectivity index (χ4n) is 3.27. The topological polar surface area (TPSA) is 38.0 Å². The van der Waals surface area contributed by atoms with Gasteiger partial charge in [0.25, 0.3) is 0 Å². The maximum Gasteiger partial charge on any atom is 0.0717 e. The van der Waals surface area contributed by atoms with E-state index >= 15 is 0 Å². The van der Waals surface area contributed by atoms with Crippen LogP contribution in [0.5, 0.6) is 0 Å². The van der Waals surface area contributed by atoms with Gasteiger partial charge >= 0.3 is 0 Å². The van der Waals surface area contributed by atoms with E-state index in [0.717, 1.165) is 0 Å². The van der Waals surface area contributed by atoms with Crippen LogP contribution in [-0.2, 0) is 0 Å². The van der Waals surface area contributed by atoms with Crippen LogP contribution >= 0.6 is 0 Å². The molecule has 0 aliphatic rings. The van der Waals surface area contributed by atoms with Crippen LogP contribution in [0.2, 0.25) is 0 Å². The summed E-state index contributed by atoms with van der Waals surface area (Å²) < 4.78 is 0. The first kappa shape index (κ1) is 15.7. The van der Waals surface area contributed by atoms with Crippen LogP contribution in [0.3, 0.4) is 0 Å². The van der Waals surface area contributed by atoms with Gasteiger partial charge in [0, 0.05) is 0 Å². The van der Waals surface area contributed by atoms with Crippen molar-refractivity contribution in [1.82, 2.24) is 5.43 Å². The molecule has 112 valence electrons. The van der Waals surface area contributed by atoms with Crippen molar-refractivity contribution in [3.05, 3.63) is 68.8 Å². The highest BCUT2D eigenvalue weighted by Gasteiger charge is 2.19. The molecule has 1 unspecified atom stereocenters. The van der Waals surface area contributed by atoms with Gasteiger partial charge < -0.3 is 0 Å². The molecule has 0 aliphatic heterocycles. The number of hydrogen-bond donors (Lipinski definition) is 2. The molecule has 3 N–H and O–H groups in total. The van der Waals surface area contributed by atoms with E-state index in [1.165, 1.54) is 44.5 Å². The maximum atomic E-state index is 5.92. The summed E-state index contributed by atoms with van der Waals surface area (Å²) in [5.74, 6) is 5.92. The van der Waals surface area contributed by atoms with Gasteiger partial charge in [-0.25, -0.2) is 5.43 Å². The molecule has 0 amide bonds. The standard InChI is InChI=1S/C19H26N2/c1-11-7-15(5)18(16(6)8-11)19(21-20)17-10-13(3)12(2)9-14(17)4/h7-10,19,21H,20H2,1-6H3. The summed E-state index contributed by atoms with van der Waals surface area (Å²) >= 11 is 0. The summed E-state index contributed by atoms with van der Waals surface area (Å²) in [4.78, 5) is 0. The predicted molar refractivity (Wildman–Crippen MR) is 90.5 cm³/mol. The van der Waals surface area contributed by atoms with Crippen LogP contribution < -0.4 is 11.3 Å². The molecule has 0 bridgehead atoms. The van der Waals surface area contributed by atoms with Crippen molar-refractivity contribution in [3.63, 3.8) is 0 Å². The zero-order valence-electron chi connectivity index (χ0n) is 14.0. The minimum Gasteiger partial charge on any atom is -0.271 e. The Balaban J connectivity index is 2.63. The molecule has 0 spiro atoms. The largest absolute Gasteiger partial charge is 0.271 e. The van der Waals surface area contributed by atoms with Crippen LogP contribution in [0.1, 0.15) is 50.5 Å². The molecule has 2 aromatic carbocycles. The van der Waals surface area contributed by atoms with Crippen LogP contribution in [0.25, 0.3) is 0 Å². The van der Waals surface area contributed by atoms with E-state index in [-0.39, 0.29) is 6.04 Å². The predicted octanol–water partition coefficient (Wildman–Crippen LogP) is 4.09. The molecule has 2 aromatic rings. The van der Waals surface area contributed by atoms with E-state index in [2.05, 4.69) is 71.2 Å². The normalized spacial score (nSPS) is 12.5. The summed E-state index contributed by atoms with van der Waals surface area (Å²) in [6, 6.07) is 8.98. The molecular weight excluding hydrogens is 256 g/mol. The highest BCUT2D eigenvalue weighted by Crippen LogP contribution is 2.31. The van der Waals surface area contributed by atoms with Crippen LogP contribution in [-0.4, -0.2) is 0 Å². The Kier molecular flexibility index (Phi) is 4.50. The molecule has 0 aliphatic carbocycles. The number of nitrogens with two attached hydrogens (primary N) is 1. The SMILES string of the molecule is Cc1cc(C)c(C(NN)c2cc(C)c(C)cc2C)c(C)c1. The average Bonchev–Trinajstić information content (AvgIpc) is 2.38. The lowest BCUT2D eigenvalue weighted by atomic mass is 9.87. The molecule has 2 rings (SSSR count). The Bertz CT molecular complexity index is 649. The first-order valence-electron chi connectivity index (χ1n) is 7.46. The third-order valence-electron chi connectivity index (χ3n) is 4.39. The lowest BCUT2D eigenvalue weighted by Gasteiger charge is -2.24. The Hall–Kier alpha value is -1.64. The minimum atomic E-state index is 0.0323. The second kappa shape index (κ2) is 6.00. The van der Waals surface area contributed by atoms with Crippen molar-refractivity contribution in [2.45, 2.75) is 47.6 Å². The smallest absolute Gasteiger partial charge is 0.0717 e. The van der Waals surface area contributed by atoms with Crippen molar-refractivity contribution >= 4 is 0 Å². The van der Waals surface area contributed by atoms with Crippen molar-refractivity contribution in [3.8, 4) is 0 Å². The first-order valence-corrected chi connectivity index (χ1v) is 7.46. The van der Waals surface area contributed by atoms with Gasteiger partial charge in [-0.3, -0.25) is 5.84 Å². The Morgan fingerprint density at radius 1 is 0.714 bits per heavy atom. The molecule has 2 heteroatoms. The van der Waals surface area contributed by atoms with Crippen LogP contribution in [0, 0.1) is 41.5 Å². The Morgan fingerprint density at radius 3 is 1.76 bits per heavy atom. The molecule has 2 nitrogen and oxygen atoms in total. The number of nitrogens with one attached hydrogen (secondary N) is 1. The minimum absolute atomic E-state index is 0.0323. The number of hydrazine groups is 1. The van der Waals surface area contributed by atoms with Crippen molar-refractivity contribution < 1.29 is 0 Å². The second-order valence-corrected chi connectivity index (χ2v) is 6.21. The van der Waals surface area contributed by atoms with E-state index in [1.54, 1.807) is 0 Å². The summed E-state index contributed by atoms with van der Waals surface area (Å²) in [5.41, 5.74) is 13.3. The first-order chi connectivity index (χ1) is 9.85. The second-order valence-electron chi connectivity index (χ2n) is 6.21. The Labute approximate surface area is 128 Å². The number of rotatable bonds is 3. The number of aryl methyl sites for hydroxylation is 6. The summed E-state index contributed by atoms with van der Waals surface area (Å²) in [7, 11) is 0. The van der Waals surface area contributed by atoms with Crippen molar-refractivity contribution in [2.24, 2.45) is 5.84 Å². The summed E-state index contributed by atoms with van der Waals surface area (Å²) in [6.45, 7) is 12.9. The zero-order valence-corrected chi connectivity index (χ0v) is 14.0. The third-order valence-corrected chi connectivity index (χ3v) is 4.39. The van der Waals surface area contributed by atoms with Crippen LogP contribution in [0.4, 0.5) is 0 Å². The number of benzene rings is 2. The van der Waals surface area contributed by atoms with Crippen molar-refractivity contribution in [1.29, 1.82) is 0 Å². The van der Waals surface area contributed by atoms with Gasteiger partial charge in [-0.15, -0.1) is 0 Å². The summed E-state index contributed by atoms with van der Waals surface area (Å²) in [5, 5.41) is 0. The lowest BCUT2D eigenvalue weighted by Crippen LogP contribution is -2.30. The van der Waals surface area contributed by atoms with Gasteiger partial charge in [-0.05, 0) is 80.5 Å². The fraction of sp³-hybridized carbons (Fsp3) is 0.368. The molecular formula is C19H26N2. The molecule has 0 aromatic heterocycles. The zero-order chi connectivity index (χ0) is 15.7. The van der Waals surface area contributed by atoms with E-state index in [9.17, 15) is 0 Å². The van der Waals surface area contributed by atoms with Crippen molar-refractivity contribution in [2.75, 3.05) is 0 Å². The van der Waals surface area contributed by atoms with Gasteiger partial charge in [0.1, 0.15) is 0 Å². The fourth-order valence-corrected chi connectivity index (χ4v) is 3.27. The van der Waals surface area contributed by atoms with Gasteiger partial charge in [0.15, 0.2) is 0 Å². The lowest BCUT2D eigenvalue weighted by molar-refractivity contribution is 0.626. The quantitative estimate of drug-likeness (QED) is 0.657. The van der Waals surface area contributed by atoms with Gasteiger partial charge in [-0.2, -0.15) is 0 Å². The molecule has 0 saturated carbocycles. The monoisotopic (exact) mass is 282 g/mol. The molecule has 0 saturated heterocycles. The number of hydrogen-bond acceptors (Lipinski definition) is 2. The third kappa shape index (κ3) is 3.02. The highest BCUT2D eigenvalue weighted by atomic mass is 15.2. The maximum absolute atomic E-state index is 5.92.